The molecule has 2 rings (SSSR count). The van der Waals surface area contributed by atoms with Crippen LogP contribution in [0.3, 0.4) is 0 Å². The van der Waals surface area contributed by atoms with Gasteiger partial charge in [-0.05, 0) is 0 Å². The fourth-order valence-electron chi connectivity index (χ4n) is 1.47. The molecule has 0 saturated carbocycles. The number of aromatic nitrogens is 2. The largest absolute Gasteiger partial charge is 0.393 e. The van der Waals surface area contributed by atoms with Gasteiger partial charge in [0, 0.05) is 35.4 Å². The van der Waals surface area contributed by atoms with Crippen molar-refractivity contribution in [1.82, 2.24) is 9.97 Å². The van der Waals surface area contributed by atoms with Crippen LogP contribution in [-0.4, -0.2) is 38.8 Å². The number of nitrogens with two attached hydrogens (primary N) is 1. The number of halogens is 1. The molecule has 0 aliphatic carbocycles. The first-order valence-electron chi connectivity index (χ1n) is 4.54. The quantitative estimate of drug-likeness (QED) is 0.721. The fourth-order valence-corrected chi connectivity index (χ4v) is 2.65. The Kier molecular flexibility index (Phi) is 3.06. The predicted octanol–water partition coefficient (Wildman–Crippen LogP) is 0.281. The zero-order chi connectivity index (χ0) is 10.8. The van der Waals surface area contributed by atoms with Crippen molar-refractivity contribution in [3.8, 4) is 0 Å². The topological polar surface area (TPSA) is 72.1 Å². The average molecular weight is 247 g/mol. The normalized spacial score (nSPS) is 18.1. The van der Waals surface area contributed by atoms with Crippen molar-refractivity contribution in [3.63, 3.8) is 0 Å². The van der Waals surface area contributed by atoms with Crippen molar-refractivity contribution in [2.45, 2.75) is 0 Å². The summed E-state index contributed by atoms with van der Waals surface area (Å²) in [6, 6.07) is 0. The Morgan fingerprint density at radius 1 is 1.40 bits per heavy atom. The van der Waals surface area contributed by atoms with E-state index in [0.29, 0.717) is 36.1 Å². The Morgan fingerprint density at radius 3 is 2.73 bits per heavy atom. The van der Waals surface area contributed by atoms with Crippen LogP contribution in [0, 0.1) is 0 Å². The van der Waals surface area contributed by atoms with Crippen LogP contribution in [0.15, 0.2) is 6.33 Å². The van der Waals surface area contributed by atoms with Crippen LogP contribution >= 0.6 is 11.6 Å². The molecule has 0 radical (unpaired) electrons. The first kappa shape index (κ1) is 10.6. The van der Waals surface area contributed by atoms with Crippen LogP contribution in [0.2, 0.25) is 5.15 Å². The molecule has 0 bridgehead atoms. The van der Waals surface area contributed by atoms with Crippen LogP contribution in [0.1, 0.15) is 0 Å². The molecule has 1 aliphatic rings. The molecule has 1 aliphatic heterocycles. The van der Waals surface area contributed by atoms with Crippen LogP contribution < -0.4 is 10.6 Å². The molecule has 15 heavy (non-hydrogen) atoms. The van der Waals surface area contributed by atoms with Gasteiger partial charge >= 0.3 is 0 Å². The second-order valence-electron chi connectivity index (χ2n) is 3.24. The van der Waals surface area contributed by atoms with E-state index >= 15 is 0 Å². The Morgan fingerprint density at radius 2 is 2.07 bits per heavy atom. The summed E-state index contributed by atoms with van der Waals surface area (Å²) in [7, 11) is -0.706. The van der Waals surface area contributed by atoms with Gasteiger partial charge in [0.2, 0.25) is 0 Å². The molecule has 2 heterocycles. The monoisotopic (exact) mass is 246 g/mol. The van der Waals surface area contributed by atoms with E-state index < -0.39 is 10.8 Å². The first-order valence-corrected chi connectivity index (χ1v) is 6.41. The maximum Gasteiger partial charge on any atom is 0.157 e. The van der Waals surface area contributed by atoms with Gasteiger partial charge in [-0.15, -0.1) is 0 Å². The first-order chi connectivity index (χ1) is 7.18. The lowest BCUT2D eigenvalue weighted by molar-refractivity contribution is 0.672. The predicted molar refractivity (Wildman–Crippen MR) is 61.5 cm³/mol. The SMILES string of the molecule is Nc1c(Cl)ncnc1N1CCS(=O)CC1. The molecule has 1 saturated heterocycles. The van der Waals surface area contributed by atoms with Crippen molar-refractivity contribution in [3.05, 3.63) is 11.5 Å². The highest BCUT2D eigenvalue weighted by Crippen LogP contribution is 2.26. The standard InChI is InChI=1S/C8H11ClN4OS/c9-7-6(10)8(12-5-11-7)13-1-3-15(14)4-2-13/h5H,1-4,10H2. The second kappa shape index (κ2) is 4.32. The van der Waals surface area contributed by atoms with Crippen molar-refractivity contribution in [1.29, 1.82) is 0 Å². The van der Waals surface area contributed by atoms with Gasteiger partial charge in [-0.25, -0.2) is 9.97 Å². The van der Waals surface area contributed by atoms with E-state index in [0.717, 1.165) is 0 Å². The molecule has 0 aromatic carbocycles. The Labute approximate surface area is 95.1 Å². The number of hydrogen-bond donors (Lipinski definition) is 1. The number of nitrogens with zero attached hydrogens (tertiary/aromatic N) is 3. The molecule has 1 fully saturated rings. The van der Waals surface area contributed by atoms with Crippen LogP contribution in [0.5, 0.6) is 0 Å². The zero-order valence-corrected chi connectivity index (χ0v) is 9.59. The third kappa shape index (κ3) is 2.21. The average Bonchev–Trinajstić information content (AvgIpc) is 2.24. The van der Waals surface area contributed by atoms with Gasteiger partial charge in [0.25, 0.3) is 0 Å². The second-order valence-corrected chi connectivity index (χ2v) is 5.29. The van der Waals surface area contributed by atoms with Crippen molar-refractivity contribution < 1.29 is 4.21 Å². The van der Waals surface area contributed by atoms with Gasteiger partial charge < -0.3 is 10.6 Å². The molecule has 2 N–H and O–H groups in total. The molecular formula is C8H11ClN4OS. The summed E-state index contributed by atoms with van der Waals surface area (Å²) in [5.41, 5.74) is 6.17. The van der Waals surface area contributed by atoms with E-state index in [1.54, 1.807) is 0 Å². The smallest absolute Gasteiger partial charge is 0.157 e. The summed E-state index contributed by atoms with van der Waals surface area (Å²) in [5, 5.41) is 0.270. The van der Waals surface area contributed by atoms with E-state index in [-0.39, 0.29) is 5.15 Å². The molecule has 1 aromatic heterocycles. The van der Waals surface area contributed by atoms with E-state index in [2.05, 4.69) is 9.97 Å². The van der Waals surface area contributed by atoms with Gasteiger partial charge in [0.15, 0.2) is 11.0 Å². The Hall–Kier alpha value is -0.880. The van der Waals surface area contributed by atoms with E-state index in [1.165, 1.54) is 6.33 Å². The fraction of sp³-hybridized carbons (Fsp3) is 0.500. The molecule has 0 amide bonds. The minimum absolute atomic E-state index is 0.270. The highest BCUT2D eigenvalue weighted by atomic mass is 35.5. The van der Waals surface area contributed by atoms with Gasteiger partial charge in [-0.1, -0.05) is 11.6 Å². The minimum Gasteiger partial charge on any atom is -0.393 e. The van der Waals surface area contributed by atoms with E-state index in [4.69, 9.17) is 17.3 Å². The molecule has 0 spiro atoms. The van der Waals surface area contributed by atoms with Gasteiger partial charge in [-0.3, -0.25) is 4.21 Å². The molecule has 5 nitrogen and oxygen atoms in total. The molecule has 82 valence electrons. The summed E-state index contributed by atoms with van der Waals surface area (Å²) in [4.78, 5) is 9.88. The Balaban J connectivity index is 2.22. The number of rotatable bonds is 1. The van der Waals surface area contributed by atoms with Crippen LogP contribution in [0.25, 0.3) is 0 Å². The van der Waals surface area contributed by atoms with Crippen molar-refractivity contribution in [2.24, 2.45) is 0 Å². The number of hydrogen-bond acceptors (Lipinski definition) is 5. The molecule has 0 unspecified atom stereocenters. The van der Waals surface area contributed by atoms with Crippen molar-refractivity contribution >= 4 is 33.9 Å². The molecule has 0 atom stereocenters. The summed E-state index contributed by atoms with van der Waals surface area (Å²) in [6.07, 6.45) is 1.39. The maximum absolute atomic E-state index is 11.2. The highest BCUT2D eigenvalue weighted by molar-refractivity contribution is 7.85. The third-order valence-electron chi connectivity index (χ3n) is 2.29. The van der Waals surface area contributed by atoms with Crippen LogP contribution in [0.4, 0.5) is 11.5 Å². The number of nitrogen functional groups attached to an aromatic ring is 1. The lowest BCUT2D eigenvalue weighted by Crippen LogP contribution is -2.38. The Bertz CT molecular complexity index is 390. The van der Waals surface area contributed by atoms with Gasteiger partial charge in [0.05, 0.1) is 0 Å². The highest BCUT2D eigenvalue weighted by Gasteiger charge is 2.19. The van der Waals surface area contributed by atoms with Gasteiger partial charge in [0.1, 0.15) is 12.0 Å². The number of anilines is 2. The lowest BCUT2D eigenvalue weighted by Gasteiger charge is -2.28. The molecular weight excluding hydrogens is 236 g/mol. The minimum atomic E-state index is -0.706. The van der Waals surface area contributed by atoms with Gasteiger partial charge in [-0.2, -0.15) is 0 Å². The summed E-state index contributed by atoms with van der Waals surface area (Å²) >= 11 is 5.80. The molecule has 7 heteroatoms. The maximum atomic E-state index is 11.2. The summed E-state index contributed by atoms with van der Waals surface area (Å²) in [6.45, 7) is 1.40. The van der Waals surface area contributed by atoms with E-state index in [1.807, 2.05) is 4.90 Å². The summed E-state index contributed by atoms with van der Waals surface area (Å²) < 4.78 is 11.2. The zero-order valence-electron chi connectivity index (χ0n) is 8.02. The van der Waals surface area contributed by atoms with E-state index in [9.17, 15) is 4.21 Å². The lowest BCUT2D eigenvalue weighted by atomic mass is 10.4. The molecule has 1 aromatic rings. The van der Waals surface area contributed by atoms with Crippen LogP contribution in [-0.2, 0) is 10.8 Å². The third-order valence-corrected chi connectivity index (χ3v) is 3.87. The van der Waals surface area contributed by atoms with Crippen molar-refractivity contribution in [2.75, 3.05) is 35.2 Å². The summed E-state index contributed by atoms with van der Waals surface area (Å²) in [5.74, 6) is 1.95.